The maximum Gasteiger partial charge on any atom is 0.174 e. The fourth-order valence-electron chi connectivity index (χ4n) is 4.19. The minimum absolute atomic E-state index is 0.249. The van der Waals surface area contributed by atoms with E-state index in [1.165, 1.54) is 10.5 Å². The largest absolute Gasteiger partial charge is 0.303 e. The van der Waals surface area contributed by atoms with Gasteiger partial charge in [-0.2, -0.15) is 0 Å². The number of halogens is 1. The van der Waals surface area contributed by atoms with Gasteiger partial charge in [-0.3, -0.25) is 4.79 Å². The quantitative estimate of drug-likeness (QED) is 0.701. The second-order valence-electron chi connectivity index (χ2n) is 6.99. The summed E-state index contributed by atoms with van der Waals surface area (Å²) in [6.45, 7) is 5.29. The fraction of sp³-hybridized carbons (Fsp3) is 0.381. The highest BCUT2D eigenvalue weighted by atomic mass is 35.5. The number of carbonyl (C=O) groups is 1. The van der Waals surface area contributed by atoms with Gasteiger partial charge < -0.3 is 4.90 Å². The molecule has 0 amide bonds. The maximum absolute atomic E-state index is 13.7. The van der Waals surface area contributed by atoms with Crippen molar-refractivity contribution in [2.45, 2.75) is 41.4 Å². The number of rotatable bonds is 2. The van der Waals surface area contributed by atoms with Crippen molar-refractivity contribution in [3.05, 3.63) is 58.6 Å². The summed E-state index contributed by atoms with van der Waals surface area (Å²) in [5.41, 5.74) is 1.58. The molecule has 0 unspecified atom stereocenters. The van der Waals surface area contributed by atoms with Crippen LogP contribution in [0.4, 0.5) is 0 Å². The molecule has 2 aliphatic heterocycles. The van der Waals surface area contributed by atoms with Crippen molar-refractivity contribution in [1.82, 2.24) is 4.90 Å². The number of Topliss-reactive ketones (excluding diaryl/α,β-unsaturated/α-hetero) is 1. The van der Waals surface area contributed by atoms with E-state index in [1.807, 2.05) is 18.2 Å². The van der Waals surface area contributed by atoms with Gasteiger partial charge in [0, 0.05) is 20.4 Å². The van der Waals surface area contributed by atoms with Gasteiger partial charge in [-0.15, -0.1) is 0 Å². The van der Waals surface area contributed by atoms with E-state index in [-0.39, 0.29) is 5.78 Å². The van der Waals surface area contributed by atoms with Crippen molar-refractivity contribution in [3.8, 4) is 0 Å². The molecule has 1 fully saturated rings. The zero-order valence-corrected chi connectivity index (χ0v) is 16.0. The van der Waals surface area contributed by atoms with Crippen molar-refractivity contribution < 1.29 is 4.79 Å². The molecule has 1 saturated heterocycles. The highest BCUT2D eigenvalue weighted by Crippen LogP contribution is 2.49. The molecule has 0 radical (unpaired) electrons. The smallest absolute Gasteiger partial charge is 0.174 e. The first-order valence-corrected chi connectivity index (χ1v) is 10.2. The number of hydrogen-bond acceptors (Lipinski definition) is 3. The Hall–Kier alpha value is -1.29. The molecule has 25 heavy (non-hydrogen) atoms. The zero-order valence-electron chi connectivity index (χ0n) is 14.4. The highest BCUT2D eigenvalue weighted by Gasteiger charge is 2.46. The first kappa shape index (κ1) is 17.1. The van der Waals surface area contributed by atoms with E-state index in [2.05, 4.69) is 36.1 Å². The molecule has 0 aromatic heterocycles. The normalized spacial score (nSPS) is 19.4. The van der Waals surface area contributed by atoms with Crippen LogP contribution < -0.4 is 0 Å². The molecule has 2 aliphatic rings. The van der Waals surface area contributed by atoms with Crippen LogP contribution in [-0.4, -0.2) is 30.3 Å². The van der Waals surface area contributed by atoms with Crippen LogP contribution in [0.5, 0.6) is 0 Å². The molecule has 0 aliphatic carbocycles. The van der Waals surface area contributed by atoms with Crippen molar-refractivity contribution >= 4 is 29.1 Å². The van der Waals surface area contributed by atoms with Crippen molar-refractivity contribution in [3.63, 3.8) is 0 Å². The lowest BCUT2D eigenvalue weighted by molar-refractivity contribution is 0.0765. The monoisotopic (exact) mass is 371 g/mol. The van der Waals surface area contributed by atoms with E-state index in [4.69, 9.17) is 11.6 Å². The molecule has 0 bridgehead atoms. The van der Waals surface area contributed by atoms with Gasteiger partial charge in [0.15, 0.2) is 5.78 Å². The predicted molar refractivity (Wildman–Crippen MR) is 104 cm³/mol. The van der Waals surface area contributed by atoms with Gasteiger partial charge in [-0.1, -0.05) is 48.5 Å². The van der Waals surface area contributed by atoms with Crippen LogP contribution in [0.2, 0.25) is 5.02 Å². The average Bonchev–Trinajstić information content (AvgIpc) is 2.72. The van der Waals surface area contributed by atoms with E-state index in [0.717, 1.165) is 49.4 Å². The SMILES string of the molecule is CCCN1CCC2(CC1)C(=O)c1cc(Cl)ccc1Sc1ccccc12. The Morgan fingerprint density at radius 1 is 1.12 bits per heavy atom. The lowest BCUT2D eigenvalue weighted by Gasteiger charge is -2.41. The van der Waals surface area contributed by atoms with Crippen molar-refractivity contribution in [1.29, 1.82) is 0 Å². The van der Waals surface area contributed by atoms with Gasteiger partial charge in [0.25, 0.3) is 0 Å². The van der Waals surface area contributed by atoms with Gasteiger partial charge >= 0.3 is 0 Å². The van der Waals surface area contributed by atoms with E-state index in [0.29, 0.717) is 5.02 Å². The predicted octanol–water partition coefficient (Wildman–Crippen LogP) is 5.43. The van der Waals surface area contributed by atoms with Gasteiger partial charge in [-0.05, 0) is 68.7 Å². The Morgan fingerprint density at radius 3 is 2.64 bits per heavy atom. The minimum Gasteiger partial charge on any atom is -0.303 e. The van der Waals surface area contributed by atoms with E-state index < -0.39 is 5.41 Å². The molecule has 1 spiro atoms. The summed E-state index contributed by atoms with van der Waals surface area (Å²) >= 11 is 7.93. The van der Waals surface area contributed by atoms with Crippen LogP contribution >= 0.6 is 23.4 Å². The first-order valence-electron chi connectivity index (χ1n) is 8.98. The first-order chi connectivity index (χ1) is 12.1. The second kappa shape index (κ2) is 6.79. The molecule has 4 heteroatoms. The van der Waals surface area contributed by atoms with Crippen molar-refractivity contribution in [2.75, 3.05) is 19.6 Å². The molecule has 2 aromatic carbocycles. The molecule has 4 rings (SSSR count). The average molecular weight is 372 g/mol. The summed E-state index contributed by atoms with van der Waals surface area (Å²) in [6, 6.07) is 14.2. The van der Waals surface area contributed by atoms with E-state index >= 15 is 0 Å². The fourth-order valence-corrected chi connectivity index (χ4v) is 5.52. The van der Waals surface area contributed by atoms with E-state index in [1.54, 1.807) is 11.8 Å². The van der Waals surface area contributed by atoms with Crippen molar-refractivity contribution in [2.24, 2.45) is 0 Å². The molecule has 130 valence electrons. The molecule has 2 aromatic rings. The van der Waals surface area contributed by atoms with E-state index in [9.17, 15) is 4.79 Å². The molecular formula is C21H22ClNOS. The van der Waals surface area contributed by atoms with Gasteiger partial charge in [0.2, 0.25) is 0 Å². The standard InChI is InChI=1S/C21H22ClNOS/c1-2-11-23-12-9-21(10-13-23)17-5-3-4-6-19(17)25-18-8-7-15(22)14-16(18)20(21)24/h3-8,14H,2,9-13H2,1H3. The third-order valence-corrected chi connectivity index (χ3v) is 6.88. The zero-order chi connectivity index (χ0) is 17.4. The Balaban J connectivity index is 1.83. The number of carbonyl (C=O) groups excluding carboxylic acids is 1. The Bertz CT molecular complexity index is 811. The van der Waals surface area contributed by atoms with Crippen LogP contribution in [-0.2, 0) is 5.41 Å². The number of likely N-dealkylation sites (tertiary alicyclic amines) is 1. The summed E-state index contributed by atoms with van der Waals surface area (Å²) in [7, 11) is 0. The third-order valence-electron chi connectivity index (χ3n) is 5.49. The summed E-state index contributed by atoms with van der Waals surface area (Å²) in [4.78, 5) is 18.4. The topological polar surface area (TPSA) is 20.3 Å². The number of benzene rings is 2. The molecule has 2 nitrogen and oxygen atoms in total. The van der Waals surface area contributed by atoms with Crippen LogP contribution in [0.15, 0.2) is 52.3 Å². The van der Waals surface area contributed by atoms with Crippen LogP contribution in [0.25, 0.3) is 0 Å². The molecule has 0 atom stereocenters. The summed E-state index contributed by atoms with van der Waals surface area (Å²) in [5, 5.41) is 0.636. The molecule has 0 N–H and O–H groups in total. The maximum atomic E-state index is 13.7. The molecule has 2 heterocycles. The van der Waals surface area contributed by atoms with Crippen LogP contribution in [0.3, 0.4) is 0 Å². The second-order valence-corrected chi connectivity index (χ2v) is 8.51. The lowest BCUT2D eigenvalue weighted by Crippen LogP contribution is -2.47. The van der Waals surface area contributed by atoms with Gasteiger partial charge in [0.1, 0.15) is 0 Å². The number of fused-ring (bicyclic) bond motifs is 3. The molecule has 0 saturated carbocycles. The Labute approximate surface area is 158 Å². The third kappa shape index (κ3) is 2.92. The van der Waals surface area contributed by atoms with Crippen LogP contribution in [0.1, 0.15) is 42.1 Å². The number of hydrogen-bond donors (Lipinski definition) is 0. The molecular weight excluding hydrogens is 350 g/mol. The van der Waals surface area contributed by atoms with Crippen LogP contribution in [0, 0.1) is 0 Å². The summed E-state index contributed by atoms with van der Waals surface area (Å²) in [5.74, 6) is 0.249. The highest BCUT2D eigenvalue weighted by molar-refractivity contribution is 7.99. The Kier molecular flexibility index (Phi) is 4.65. The number of nitrogens with zero attached hydrogens (tertiary/aromatic N) is 1. The summed E-state index contributed by atoms with van der Waals surface area (Å²) < 4.78 is 0. The van der Waals surface area contributed by atoms with Gasteiger partial charge in [0.05, 0.1) is 5.41 Å². The summed E-state index contributed by atoms with van der Waals surface area (Å²) in [6.07, 6.45) is 2.93. The number of ketones is 1. The van der Waals surface area contributed by atoms with Gasteiger partial charge in [-0.25, -0.2) is 0 Å². The number of piperidine rings is 1. The lowest BCUT2D eigenvalue weighted by atomic mass is 9.68. The minimum atomic E-state index is -0.413. The Morgan fingerprint density at radius 2 is 1.88 bits per heavy atom.